The first-order valence-corrected chi connectivity index (χ1v) is 9.50. The summed E-state index contributed by atoms with van der Waals surface area (Å²) >= 11 is 12.1. The van der Waals surface area contributed by atoms with Crippen LogP contribution in [0.4, 0.5) is 0 Å². The van der Waals surface area contributed by atoms with Gasteiger partial charge in [-0.25, -0.2) is 14.5 Å². The smallest absolute Gasteiger partial charge is 0.228 e. The van der Waals surface area contributed by atoms with E-state index in [9.17, 15) is 0 Å². The number of methoxy groups -OCH3 is 1. The molecule has 0 amide bonds. The van der Waals surface area contributed by atoms with Gasteiger partial charge in [-0.05, 0) is 23.8 Å². The molecule has 3 heterocycles. The van der Waals surface area contributed by atoms with Crippen LogP contribution in [0.1, 0.15) is 28.4 Å². The average molecular weight is 413 g/mol. The second kappa shape index (κ2) is 6.65. The van der Waals surface area contributed by atoms with E-state index in [-0.39, 0.29) is 11.8 Å². The number of nitrogens with zero attached hydrogens (tertiary/aromatic N) is 4. The highest BCUT2D eigenvalue weighted by Crippen LogP contribution is 2.48. The first-order valence-electron chi connectivity index (χ1n) is 8.59. The van der Waals surface area contributed by atoms with Gasteiger partial charge in [-0.2, -0.15) is 0 Å². The number of halogens is 2. The molecule has 0 radical (unpaired) electrons. The van der Waals surface area contributed by atoms with Gasteiger partial charge in [-0.1, -0.05) is 29.8 Å². The van der Waals surface area contributed by atoms with Gasteiger partial charge in [0.25, 0.3) is 0 Å². The summed E-state index contributed by atoms with van der Waals surface area (Å²) in [6.07, 6.45) is 1.58. The number of alkyl halides is 1. The number of ether oxygens (including phenoxy) is 2. The first-order chi connectivity index (χ1) is 13.7. The molecule has 0 aliphatic carbocycles. The Morgan fingerprint density at radius 1 is 1.18 bits per heavy atom. The summed E-state index contributed by atoms with van der Waals surface area (Å²) in [6, 6.07) is 13.5. The molecular weight excluding hydrogens is 399 g/mol. The van der Waals surface area contributed by atoms with Crippen LogP contribution in [-0.4, -0.2) is 26.7 Å². The maximum Gasteiger partial charge on any atom is 0.228 e. The highest BCUT2D eigenvalue weighted by Gasteiger charge is 2.33. The Bertz CT molecular complexity index is 1190. The fourth-order valence-electron chi connectivity index (χ4n) is 3.52. The summed E-state index contributed by atoms with van der Waals surface area (Å²) in [5, 5.41) is 5.05. The summed E-state index contributed by atoms with van der Waals surface area (Å²) in [7, 11) is 1.63. The van der Waals surface area contributed by atoms with Crippen molar-refractivity contribution in [3.8, 4) is 17.4 Å². The van der Waals surface area contributed by atoms with Crippen molar-refractivity contribution in [3.63, 3.8) is 0 Å². The summed E-state index contributed by atoms with van der Waals surface area (Å²) in [4.78, 5) is 9.06. The summed E-state index contributed by atoms with van der Waals surface area (Å²) < 4.78 is 13.1. The van der Waals surface area contributed by atoms with Crippen molar-refractivity contribution in [2.75, 3.05) is 7.11 Å². The molecule has 0 N–H and O–H groups in total. The summed E-state index contributed by atoms with van der Waals surface area (Å²) in [6.45, 7) is 0. The fourth-order valence-corrected chi connectivity index (χ4v) is 3.76. The monoisotopic (exact) mass is 412 g/mol. The van der Waals surface area contributed by atoms with Crippen molar-refractivity contribution in [2.24, 2.45) is 0 Å². The van der Waals surface area contributed by atoms with Gasteiger partial charge in [-0.3, -0.25) is 0 Å². The minimum atomic E-state index is -0.148. The van der Waals surface area contributed by atoms with E-state index in [0.717, 1.165) is 16.7 Å². The molecule has 1 aliphatic rings. The molecule has 0 spiro atoms. The predicted octanol–water partition coefficient (Wildman–Crippen LogP) is 4.81. The Labute approximate surface area is 170 Å². The Balaban J connectivity index is 1.80. The maximum atomic E-state index is 6.12. The van der Waals surface area contributed by atoms with E-state index in [4.69, 9.17) is 32.7 Å². The molecule has 28 heavy (non-hydrogen) atoms. The number of hydrogen-bond donors (Lipinski definition) is 0. The van der Waals surface area contributed by atoms with Gasteiger partial charge >= 0.3 is 0 Å². The molecule has 2 aromatic heterocycles. The second-order valence-electron chi connectivity index (χ2n) is 6.38. The molecule has 0 saturated carbocycles. The van der Waals surface area contributed by atoms with Gasteiger partial charge in [0, 0.05) is 22.6 Å². The van der Waals surface area contributed by atoms with Crippen LogP contribution in [-0.2, 0) is 5.88 Å². The molecule has 1 unspecified atom stereocenters. The van der Waals surface area contributed by atoms with E-state index in [1.54, 1.807) is 18.0 Å². The van der Waals surface area contributed by atoms with Crippen LogP contribution in [0.5, 0.6) is 17.4 Å². The third kappa shape index (κ3) is 2.68. The predicted molar refractivity (Wildman–Crippen MR) is 106 cm³/mol. The number of fused-ring (bicyclic) bond motifs is 4. The Morgan fingerprint density at radius 3 is 2.75 bits per heavy atom. The van der Waals surface area contributed by atoms with Crippen LogP contribution in [0.15, 0.2) is 48.8 Å². The zero-order valence-corrected chi connectivity index (χ0v) is 16.3. The van der Waals surface area contributed by atoms with E-state index in [2.05, 4.69) is 15.1 Å². The van der Waals surface area contributed by atoms with Crippen LogP contribution in [0.2, 0.25) is 5.02 Å². The molecule has 2 aromatic carbocycles. The van der Waals surface area contributed by atoms with Gasteiger partial charge < -0.3 is 9.47 Å². The molecule has 1 aliphatic heterocycles. The molecule has 1 atom stereocenters. The van der Waals surface area contributed by atoms with Crippen LogP contribution in [0, 0.1) is 0 Å². The molecule has 0 saturated heterocycles. The molecule has 140 valence electrons. The minimum Gasteiger partial charge on any atom is -0.497 e. The zero-order valence-electron chi connectivity index (χ0n) is 14.8. The van der Waals surface area contributed by atoms with E-state index in [1.807, 2.05) is 42.5 Å². The van der Waals surface area contributed by atoms with E-state index < -0.39 is 0 Å². The molecule has 0 fully saturated rings. The third-order valence-corrected chi connectivity index (χ3v) is 5.27. The minimum absolute atomic E-state index is 0.148. The molecular formula is C20H14Cl2N4O2. The standard InChI is InChI=1S/C20H14Cl2N4O2/c1-27-13-6-7-14-15(8-13)28-20-18(17(14)11-2-4-12(22)5-3-11)19-24-16(9-21)25-26(19)10-23-20/h2-8,10,17H,9H2,1H3. The largest absolute Gasteiger partial charge is 0.497 e. The number of aromatic nitrogens is 4. The van der Waals surface area contributed by atoms with E-state index in [0.29, 0.717) is 33.9 Å². The van der Waals surface area contributed by atoms with Crippen LogP contribution in [0.3, 0.4) is 0 Å². The van der Waals surface area contributed by atoms with Crippen molar-refractivity contribution < 1.29 is 9.47 Å². The normalized spacial score (nSPS) is 15.0. The third-order valence-electron chi connectivity index (χ3n) is 4.78. The fraction of sp³-hybridized carbons (Fsp3) is 0.150. The quantitative estimate of drug-likeness (QED) is 0.397. The van der Waals surface area contributed by atoms with Gasteiger partial charge in [0.05, 0.1) is 18.6 Å². The summed E-state index contributed by atoms with van der Waals surface area (Å²) in [5.74, 6) is 2.50. The average Bonchev–Trinajstić information content (AvgIpc) is 3.16. The summed E-state index contributed by atoms with van der Waals surface area (Å²) in [5.41, 5.74) is 3.54. The van der Waals surface area contributed by atoms with Crippen molar-refractivity contribution in [2.45, 2.75) is 11.8 Å². The van der Waals surface area contributed by atoms with Crippen molar-refractivity contribution >= 4 is 28.8 Å². The van der Waals surface area contributed by atoms with Crippen molar-refractivity contribution in [3.05, 3.63) is 76.3 Å². The zero-order chi connectivity index (χ0) is 19.3. The topological polar surface area (TPSA) is 61.5 Å². The van der Waals surface area contributed by atoms with Gasteiger partial charge in [0.1, 0.15) is 17.8 Å². The van der Waals surface area contributed by atoms with Crippen LogP contribution < -0.4 is 9.47 Å². The Morgan fingerprint density at radius 2 is 2.00 bits per heavy atom. The maximum absolute atomic E-state index is 6.12. The molecule has 8 heteroatoms. The van der Waals surface area contributed by atoms with Crippen LogP contribution >= 0.6 is 23.2 Å². The molecule has 0 bridgehead atoms. The lowest BCUT2D eigenvalue weighted by molar-refractivity contribution is 0.400. The lowest BCUT2D eigenvalue weighted by Gasteiger charge is -2.28. The Hall–Kier alpha value is -2.83. The van der Waals surface area contributed by atoms with Crippen molar-refractivity contribution in [1.29, 1.82) is 0 Å². The van der Waals surface area contributed by atoms with E-state index in [1.165, 1.54) is 0 Å². The molecule has 4 aromatic rings. The van der Waals surface area contributed by atoms with Gasteiger partial charge in [0.15, 0.2) is 11.5 Å². The van der Waals surface area contributed by atoms with Crippen LogP contribution in [0.25, 0.3) is 5.65 Å². The van der Waals surface area contributed by atoms with Crippen molar-refractivity contribution in [1.82, 2.24) is 19.6 Å². The number of hydrogen-bond acceptors (Lipinski definition) is 5. The lowest BCUT2D eigenvalue weighted by Crippen LogP contribution is -2.15. The second-order valence-corrected chi connectivity index (χ2v) is 7.09. The Kier molecular flexibility index (Phi) is 4.10. The SMILES string of the molecule is COc1ccc2c(c1)Oc1ncn3nc(CCl)nc3c1C2c1ccc(Cl)cc1. The van der Waals surface area contributed by atoms with Gasteiger partial charge in [-0.15, -0.1) is 16.7 Å². The first kappa shape index (κ1) is 17.3. The number of benzene rings is 2. The van der Waals surface area contributed by atoms with E-state index >= 15 is 0 Å². The molecule has 5 rings (SSSR count). The molecule has 6 nitrogen and oxygen atoms in total. The lowest BCUT2D eigenvalue weighted by atomic mass is 9.84. The highest BCUT2D eigenvalue weighted by atomic mass is 35.5. The van der Waals surface area contributed by atoms with Gasteiger partial charge in [0.2, 0.25) is 5.88 Å². The number of rotatable bonds is 3. The highest BCUT2D eigenvalue weighted by molar-refractivity contribution is 6.30.